The average Bonchev–Trinajstić information content (AvgIpc) is 2.79. The molecule has 4 nitrogen and oxygen atoms in total. The van der Waals surface area contributed by atoms with Crippen molar-refractivity contribution in [2.24, 2.45) is 7.05 Å². The number of hydrogen-bond acceptors (Lipinski definition) is 3. The van der Waals surface area contributed by atoms with Crippen LogP contribution in [0.3, 0.4) is 0 Å². The normalized spacial score (nSPS) is 9.84. The monoisotopic (exact) mass is 260 g/mol. The van der Waals surface area contributed by atoms with E-state index < -0.39 is 5.82 Å². The molecule has 0 aliphatic carbocycles. The maximum atomic E-state index is 13.4. The summed E-state index contributed by atoms with van der Waals surface area (Å²) >= 11 is 0. The summed E-state index contributed by atoms with van der Waals surface area (Å²) in [5, 5.41) is 0. The van der Waals surface area contributed by atoms with Gasteiger partial charge in [-0.1, -0.05) is 5.92 Å². The zero-order chi connectivity index (χ0) is 13.7. The number of methoxy groups -OCH3 is 1. The molecule has 0 fully saturated rings. The van der Waals surface area contributed by atoms with Crippen LogP contribution in [0, 0.1) is 17.7 Å². The van der Waals surface area contributed by atoms with Gasteiger partial charge in [-0.3, -0.25) is 0 Å². The molecule has 0 radical (unpaired) electrons. The number of hydrogen-bond donors (Lipinski definition) is 0. The molecule has 0 N–H and O–H groups in total. The molecule has 1 aromatic heterocycles. The van der Waals surface area contributed by atoms with Crippen LogP contribution in [-0.4, -0.2) is 23.5 Å². The summed E-state index contributed by atoms with van der Waals surface area (Å²) in [7, 11) is 3.35. The summed E-state index contributed by atoms with van der Waals surface area (Å²) in [5.41, 5.74) is 1.29. The lowest BCUT2D eigenvalue weighted by atomic mass is 10.2. The highest BCUT2D eigenvalue weighted by atomic mass is 19.1. The topological polar surface area (TPSA) is 36.3 Å². The number of imidazole rings is 1. The first kappa shape index (κ1) is 13.1. The molecule has 0 atom stereocenters. The first-order valence-electron chi connectivity index (χ1n) is 5.59. The van der Waals surface area contributed by atoms with Crippen LogP contribution < -0.4 is 4.74 Å². The molecular formula is C14H13FN2O2. The lowest BCUT2D eigenvalue weighted by Crippen LogP contribution is -1.99. The third-order valence-corrected chi connectivity index (χ3v) is 2.37. The Morgan fingerprint density at radius 1 is 1.32 bits per heavy atom. The average molecular weight is 260 g/mol. The first-order valence-corrected chi connectivity index (χ1v) is 5.59. The lowest BCUT2D eigenvalue weighted by Gasteiger charge is -2.04. The molecule has 0 amide bonds. The molecule has 0 bridgehead atoms. The molecule has 5 heteroatoms. The van der Waals surface area contributed by atoms with Crippen molar-refractivity contribution in [2.75, 3.05) is 13.9 Å². The van der Waals surface area contributed by atoms with E-state index in [-0.39, 0.29) is 6.79 Å². The molecule has 0 unspecified atom stereocenters. The summed E-state index contributed by atoms with van der Waals surface area (Å²) in [6, 6.07) is 4.29. The molecule has 2 aromatic rings. The Morgan fingerprint density at radius 2 is 2.16 bits per heavy atom. The van der Waals surface area contributed by atoms with Gasteiger partial charge >= 0.3 is 0 Å². The molecule has 19 heavy (non-hydrogen) atoms. The van der Waals surface area contributed by atoms with Gasteiger partial charge in [0.1, 0.15) is 17.3 Å². The number of aromatic nitrogens is 2. The van der Waals surface area contributed by atoms with Crippen molar-refractivity contribution in [1.82, 2.24) is 9.55 Å². The quantitative estimate of drug-likeness (QED) is 0.625. The van der Waals surface area contributed by atoms with Gasteiger partial charge < -0.3 is 14.0 Å². The Bertz CT molecular complexity index is 626. The zero-order valence-corrected chi connectivity index (χ0v) is 10.7. The second kappa shape index (κ2) is 6.03. The van der Waals surface area contributed by atoms with E-state index in [1.54, 1.807) is 23.2 Å². The fourth-order valence-corrected chi connectivity index (χ4v) is 1.46. The Kier molecular flexibility index (Phi) is 4.16. The third-order valence-electron chi connectivity index (χ3n) is 2.37. The van der Waals surface area contributed by atoms with Crippen LogP contribution >= 0.6 is 0 Å². The maximum Gasteiger partial charge on any atom is 0.188 e. The molecule has 2 rings (SSSR count). The molecule has 0 spiro atoms. The highest BCUT2D eigenvalue weighted by Crippen LogP contribution is 2.16. The van der Waals surface area contributed by atoms with Crippen LogP contribution in [0.15, 0.2) is 30.7 Å². The number of benzene rings is 1. The molecule has 0 aliphatic heterocycles. The van der Waals surface area contributed by atoms with Gasteiger partial charge in [-0.05, 0) is 18.1 Å². The van der Waals surface area contributed by atoms with Crippen LogP contribution in [0.5, 0.6) is 5.75 Å². The van der Waals surface area contributed by atoms with Crippen LogP contribution in [0.2, 0.25) is 0 Å². The molecule has 1 aromatic carbocycles. The fourth-order valence-electron chi connectivity index (χ4n) is 1.46. The molecular weight excluding hydrogens is 247 g/mol. The summed E-state index contributed by atoms with van der Waals surface area (Å²) in [6.07, 6.45) is 3.30. The summed E-state index contributed by atoms with van der Waals surface area (Å²) < 4.78 is 25.1. The summed E-state index contributed by atoms with van der Waals surface area (Å²) in [5.74, 6) is 5.78. The van der Waals surface area contributed by atoms with Crippen LogP contribution in [0.25, 0.3) is 0 Å². The van der Waals surface area contributed by atoms with Crippen molar-refractivity contribution in [3.63, 3.8) is 0 Å². The van der Waals surface area contributed by atoms with Crippen molar-refractivity contribution >= 4 is 0 Å². The fraction of sp³-hybridized carbons (Fsp3) is 0.214. The van der Waals surface area contributed by atoms with E-state index >= 15 is 0 Å². The second-order valence-corrected chi connectivity index (χ2v) is 3.87. The SMILES string of the molecule is COCOc1cc(F)cc(C#Cc2cncn2C)c1. The van der Waals surface area contributed by atoms with Gasteiger partial charge in [-0.15, -0.1) is 0 Å². The van der Waals surface area contributed by atoms with Gasteiger partial charge in [-0.25, -0.2) is 9.37 Å². The molecule has 1 heterocycles. The van der Waals surface area contributed by atoms with Crippen molar-refractivity contribution in [1.29, 1.82) is 0 Å². The highest BCUT2D eigenvalue weighted by Gasteiger charge is 2.00. The Labute approximate surface area is 110 Å². The molecule has 0 aliphatic rings. The Balaban J connectivity index is 2.23. The van der Waals surface area contributed by atoms with Crippen molar-refractivity contribution in [3.05, 3.63) is 47.8 Å². The number of rotatable bonds is 3. The van der Waals surface area contributed by atoms with Crippen LogP contribution in [0.4, 0.5) is 4.39 Å². The Morgan fingerprint density at radius 3 is 2.84 bits per heavy atom. The van der Waals surface area contributed by atoms with Gasteiger partial charge in [-0.2, -0.15) is 0 Å². The van der Waals surface area contributed by atoms with Crippen molar-refractivity contribution in [3.8, 4) is 17.6 Å². The van der Waals surface area contributed by atoms with Gasteiger partial charge in [0.15, 0.2) is 6.79 Å². The lowest BCUT2D eigenvalue weighted by molar-refractivity contribution is 0.0509. The highest BCUT2D eigenvalue weighted by molar-refractivity contribution is 5.43. The van der Waals surface area contributed by atoms with Gasteiger partial charge in [0.25, 0.3) is 0 Å². The van der Waals surface area contributed by atoms with Crippen LogP contribution in [-0.2, 0) is 11.8 Å². The smallest absolute Gasteiger partial charge is 0.188 e. The first-order chi connectivity index (χ1) is 9.19. The van der Waals surface area contributed by atoms with Gasteiger partial charge in [0.2, 0.25) is 0 Å². The predicted molar refractivity (Wildman–Crippen MR) is 68.1 cm³/mol. The molecule has 98 valence electrons. The van der Waals surface area contributed by atoms with E-state index in [0.717, 1.165) is 5.69 Å². The summed E-state index contributed by atoms with van der Waals surface area (Å²) in [6.45, 7) is 0.0675. The maximum absolute atomic E-state index is 13.4. The molecule has 0 saturated carbocycles. The number of ether oxygens (including phenoxy) is 2. The van der Waals surface area contributed by atoms with Crippen molar-refractivity contribution in [2.45, 2.75) is 0 Å². The summed E-state index contributed by atoms with van der Waals surface area (Å²) in [4.78, 5) is 3.95. The van der Waals surface area contributed by atoms with Gasteiger partial charge in [0.05, 0.1) is 12.5 Å². The van der Waals surface area contributed by atoms with E-state index in [1.165, 1.54) is 19.2 Å². The zero-order valence-electron chi connectivity index (χ0n) is 10.7. The van der Waals surface area contributed by atoms with E-state index in [2.05, 4.69) is 16.8 Å². The minimum atomic E-state index is -0.400. The number of nitrogens with zero attached hydrogens (tertiary/aromatic N) is 2. The number of halogens is 1. The van der Waals surface area contributed by atoms with E-state index in [1.807, 2.05) is 7.05 Å². The van der Waals surface area contributed by atoms with E-state index in [4.69, 9.17) is 9.47 Å². The van der Waals surface area contributed by atoms with Gasteiger partial charge in [0, 0.05) is 25.8 Å². The van der Waals surface area contributed by atoms with Crippen molar-refractivity contribution < 1.29 is 13.9 Å². The molecule has 0 saturated heterocycles. The predicted octanol–water partition coefficient (Wildman–Crippen LogP) is 1.94. The largest absolute Gasteiger partial charge is 0.467 e. The Hall–Kier alpha value is -2.32. The minimum Gasteiger partial charge on any atom is -0.467 e. The number of aryl methyl sites for hydroxylation is 1. The standard InChI is InChI=1S/C14H13FN2O2/c1-17-9-16-8-13(17)4-3-11-5-12(15)7-14(6-11)19-10-18-2/h5-9H,10H2,1-2H3. The van der Waals surface area contributed by atoms with E-state index in [0.29, 0.717) is 11.3 Å². The van der Waals surface area contributed by atoms with E-state index in [9.17, 15) is 4.39 Å². The third kappa shape index (κ3) is 3.57. The second-order valence-electron chi connectivity index (χ2n) is 3.87. The minimum absolute atomic E-state index is 0.0675. The van der Waals surface area contributed by atoms with Crippen LogP contribution in [0.1, 0.15) is 11.3 Å².